The van der Waals surface area contributed by atoms with Crippen molar-refractivity contribution in [1.29, 1.82) is 0 Å². The quantitative estimate of drug-likeness (QED) is 0.189. The first-order valence-corrected chi connectivity index (χ1v) is 14.6. The SMILES string of the molecule is C.C.C/C=C\C.C=C.C=CC.CC.CC.CC1(C)c2cc3ccccc3cc2-c2cc3ccccc3cc21.CCC. The maximum atomic E-state index is 3.36. The van der Waals surface area contributed by atoms with E-state index in [2.05, 4.69) is 120 Å². The minimum Gasteiger partial charge on any atom is -0.106 e. The first kappa shape index (κ1) is 44.6. The van der Waals surface area contributed by atoms with Gasteiger partial charge in [-0.15, -0.1) is 19.7 Å². The van der Waals surface area contributed by atoms with Crippen molar-refractivity contribution in [2.24, 2.45) is 0 Å². The molecule has 1 aliphatic rings. The van der Waals surface area contributed by atoms with Crippen LogP contribution in [0.1, 0.15) is 109 Å². The smallest absolute Gasteiger partial charge is 0.0159 e. The van der Waals surface area contributed by atoms with Crippen LogP contribution in [0.2, 0.25) is 0 Å². The summed E-state index contributed by atoms with van der Waals surface area (Å²) in [6.07, 6.45) is 7.00. The van der Waals surface area contributed by atoms with Gasteiger partial charge in [0.25, 0.3) is 0 Å². The van der Waals surface area contributed by atoms with Crippen molar-refractivity contribution in [2.45, 2.75) is 103 Å². The van der Waals surface area contributed by atoms with Crippen LogP contribution in [0, 0.1) is 0 Å². The van der Waals surface area contributed by atoms with Gasteiger partial charge in [0, 0.05) is 5.41 Å². The van der Waals surface area contributed by atoms with Crippen molar-refractivity contribution < 1.29 is 0 Å². The average Bonchev–Trinajstić information content (AvgIpc) is 3.20. The van der Waals surface area contributed by atoms with E-state index >= 15 is 0 Å². The van der Waals surface area contributed by atoms with E-state index < -0.39 is 0 Å². The number of benzene rings is 4. The monoisotopic (exact) mass is 557 g/mol. The van der Waals surface area contributed by atoms with Gasteiger partial charge in [-0.1, -0.05) is 143 Å². The van der Waals surface area contributed by atoms with E-state index in [1.54, 1.807) is 6.08 Å². The molecule has 0 saturated carbocycles. The molecule has 0 spiro atoms. The predicted octanol–water partition coefficient (Wildman–Crippen LogP) is 14.6. The van der Waals surface area contributed by atoms with Gasteiger partial charge in [0.15, 0.2) is 0 Å². The van der Waals surface area contributed by atoms with E-state index in [1.807, 2.05) is 60.6 Å². The van der Waals surface area contributed by atoms with E-state index in [9.17, 15) is 0 Å². The van der Waals surface area contributed by atoms with Crippen molar-refractivity contribution in [1.82, 2.24) is 0 Å². The first-order chi connectivity index (χ1) is 18.9. The minimum atomic E-state index is 0. The van der Waals surface area contributed by atoms with Crippen molar-refractivity contribution in [2.75, 3.05) is 0 Å². The van der Waals surface area contributed by atoms with E-state index in [4.69, 9.17) is 0 Å². The van der Waals surface area contributed by atoms with Gasteiger partial charge in [-0.25, -0.2) is 0 Å². The second-order valence-corrected chi connectivity index (χ2v) is 8.90. The van der Waals surface area contributed by atoms with Crippen LogP contribution >= 0.6 is 0 Å². The summed E-state index contributed by atoms with van der Waals surface area (Å²) in [6.45, 7) is 32.2. The molecule has 0 N–H and O–H groups in total. The van der Waals surface area contributed by atoms with Gasteiger partial charge in [-0.05, 0) is 88.8 Å². The highest BCUT2D eigenvalue weighted by molar-refractivity contribution is 5.97. The number of fused-ring (bicyclic) bond motifs is 5. The summed E-state index contributed by atoms with van der Waals surface area (Å²) in [5.74, 6) is 0. The molecule has 0 bridgehead atoms. The zero-order valence-corrected chi connectivity index (χ0v) is 27.0. The van der Waals surface area contributed by atoms with Crippen LogP contribution in [-0.2, 0) is 5.41 Å². The summed E-state index contributed by atoms with van der Waals surface area (Å²) < 4.78 is 0. The average molecular weight is 557 g/mol. The zero-order valence-electron chi connectivity index (χ0n) is 27.0. The number of rotatable bonds is 0. The summed E-state index contributed by atoms with van der Waals surface area (Å²) in [4.78, 5) is 0. The maximum Gasteiger partial charge on any atom is 0.0159 e. The summed E-state index contributed by atoms with van der Waals surface area (Å²) in [6, 6.07) is 26.8. The van der Waals surface area contributed by atoms with E-state index in [-0.39, 0.29) is 20.3 Å². The van der Waals surface area contributed by atoms with E-state index in [0.717, 1.165) is 0 Å². The van der Waals surface area contributed by atoms with Crippen LogP contribution in [-0.4, -0.2) is 0 Å². The summed E-state index contributed by atoms with van der Waals surface area (Å²) >= 11 is 0. The summed E-state index contributed by atoms with van der Waals surface area (Å²) in [5.41, 5.74) is 5.74. The molecule has 4 aromatic carbocycles. The molecule has 0 atom stereocenters. The third-order valence-corrected chi connectivity index (χ3v) is 5.74. The molecule has 0 heteroatoms. The molecule has 0 radical (unpaired) electrons. The van der Waals surface area contributed by atoms with Crippen LogP contribution in [0.3, 0.4) is 0 Å². The fraction of sp³-hybridized carbons (Fsp3) is 0.366. The Labute approximate surface area is 256 Å². The molecular formula is C41H64. The van der Waals surface area contributed by atoms with Gasteiger partial charge in [0.1, 0.15) is 0 Å². The van der Waals surface area contributed by atoms with Gasteiger partial charge >= 0.3 is 0 Å². The molecule has 0 amide bonds. The van der Waals surface area contributed by atoms with E-state index in [1.165, 1.54) is 50.2 Å². The fourth-order valence-electron chi connectivity index (χ4n) is 4.11. The Morgan fingerprint density at radius 2 is 0.805 bits per heavy atom. The lowest BCUT2D eigenvalue weighted by atomic mass is 9.81. The van der Waals surface area contributed by atoms with Crippen LogP contribution in [0.5, 0.6) is 0 Å². The molecule has 228 valence electrons. The largest absolute Gasteiger partial charge is 0.106 e. The molecule has 0 fully saturated rings. The first-order valence-electron chi connectivity index (χ1n) is 14.6. The maximum absolute atomic E-state index is 3.36. The normalized spacial score (nSPS) is 10.4. The number of allylic oxidation sites excluding steroid dienone is 3. The highest BCUT2D eigenvalue weighted by atomic mass is 14.4. The fourth-order valence-corrected chi connectivity index (χ4v) is 4.11. The Morgan fingerprint density at radius 3 is 1.02 bits per heavy atom. The topological polar surface area (TPSA) is 0 Å². The summed E-state index contributed by atoms with van der Waals surface area (Å²) in [5, 5.41) is 5.31. The van der Waals surface area contributed by atoms with Crippen LogP contribution in [0.15, 0.2) is 111 Å². The van der Waals surface area contributed by atoms with Gasteiger partial charge in [-0.2, -0.15) is 0 Å². The van der Waals surface area contributed by atoms with Gasteiger partial charge < -0.3 is 0 Å². The van der Waals surface area contributed by atoms with Crippen LogP contribution < -0.4 is 0 Å². The lowest BCUT2D eigenvalue weighted by molar-refractivity contribution is 0.662. The lowest BCUT2D eigenvalue weighted by Gasteiger charge is -2.22. The zero-order chi connectivity index (χ0) is 30.4. The van der Waals surface area contributed by atoms with Crippen LogP contribution in [0.25, 0.3) is 32.7 Å². The van der Waals surface area contributed by atoms with Crippen molar-refractivity contribution in [3.63, 3.8) is 0 Å². The highest BCUT2D eigenvalue weighted by Crippen LogP contribution is 2.50. The van der Waals surface area contributed by atoms with Gasteiger partial charge in [-0.3, -0.25) is 0 Å². The Morgan fingerprint density at radius 1 is 0.585 bits per heavy atom. The van der Waals surface area contributed by atoms with E-state index in [0.29, 0.717) is 0 Å². The molecule has 0 aliphatic heterocycles. The third-order valence-electron chi connectivity index (χ3n) is 5.74. The predicted molar refractivity (Wildman–Crippen MR) is 199 cm³/mol. The molecule has 0 unspecified atom stereocenters. The Hall–Kier alpha value is -3.38. The highest BCUT2D eigenvalue weighted by Gasteiger charge is 2.35. The molecule has 0 aromatic heterocycles. The number of hydrogen-bond donors (Lipinski definition) is 0. The summed E-state index contributed by atoms with van der Waals surface area (Å²) in [7, 11) is 0. The second kappa shape index (κ2) is 25.6. The molecule has 5 rings (SSSR count). The van der Waals surface area contributed by atoms with Crippen LogP contribution in [0.4, 0.5) is 0 Å². The molecule has 41 heavy (non-hydrogen) atoms. The van der Waals surface area contributed by atoms with Crippen molar-refractivity contribution in [3.05, 3.63) is 122 Å². The molecule has 0 heterocycles. The van der Waals surface area contributed by atoms with Gasteiger partial charge in [0.2, 0.25) is 0 Å². The Kier molecular flexibility index (Phi) is 27.8. The Bertz CT molecular complexity index is 1150. The molecule has 0 saturated heterocycles. The second-order valence-electron chi connectivity index (χ2n) is 8.90. The standard InChI is InChI=1S/C23H18.C4H8.C3H8.C3H6.2C2H6.C2H4.2CH4/c1-23(2)21-13-17-9-5-3-7-15(17)11-19(21)20-12-16-8-4-6-10-18(16)14-22(20)23;1-3-4-2;2*1-3-2;3*1-2;;/h3-14H,1-2H3;3-4H,1-2H3;3H2,1-2H3;3H,1H2,2H3;2*1-2H3;1-2H2;2*1H4/b;4-3-;;;;;;;. The molecule has 0 nitrogen and oxygen atoms in total. The lowest BCUT2D eigenvalue weighted by Crippen LogP contribution is -2.14. The third kappa shape index (κ3) is 12.3. The number of hydrogen-bond acceptors (Lipinski definition) is 0. The Balaban J connectivity index is -0.000000326. The van der Waals surface area contributed by atoms with Crippen molar-refractivity contribution >= 4 is 21.5 Å². The minimum absolute atomic E-state index is 0. The molecule has 1 aliphatic carbocycles. The van der Waals surface area contributed by atoms with Gasteiger partial charge in [0.05, 0.1) is 0 Å². The molecular weight excluding hydrogens is 492 g/mol. The van der Waals surface area contributed by atoms with Crippen molar-refractivity contribution in [3.8, 4) is 11.1 Å². The molecule has 4 aromatic rings.